The Balaban J connectivity index is 1.60. The lowest BCUT2D eigenvalue weighted by atomic mass is 10.1. The third-order valence-electron chi connectivity index (χ3n) is 3.64. The Bertz CT molecular complexity index is 763. The van der Waals surface area contributed by atoms with Gasteiger partial charge in [-0.05, 0) is 24.6 Å². The van der Waals surface area contributed by atoms with E-state index in [0.29, 0.717) is 12.2 Å². The average Bonchev–Trinajstić information content (AvgIpc) is 2.94. The minimum atomic E-state index is -1.40. The highest BCUT2D eigenvalue weighted by Gasteiger charge is 2.21. The molecular formula is C14H16FN5O2S. The SMILES string of the molecule is C[S@@](=O)c1ccc(NC(=O)N[C@@H]2CCc3ncnn3C2)cc1F. The van der Waals surface area contributed by atoms with Crippen molar-refractivity contribution >= 4 is 22.5 Å². The normalized spacial score (nSPS) is 18.1. The summed E-state index contributed by atoms with van der Waals surface area (Å²) in [5.74, 6) is 0.308. The van der Waals surface area contributed by atoms with Crippen molar-refractivity contribution in [3.8, 4) is 0 Å². The van der Waals surface area contributed by atoms with Crippen LogP contribution in [0.5, 0.6) is 0 Å². The van der Waals surface area contributed by atoms with Gasteiger partial charge in [-0.25, -0.2) is 18.9 Å². The number of amides is 2. The van der Waals surface area contributed by atoms with Crippen molar-refractivity contribution in [2.45, 2.75) is 30.3 Å². The Morgan fingerprint density at radius 1 is 1.48 bits per heavy atom. The molecule has 1 aromatic heterocycles. The Labute approximate surface area is 134 Å². The summed E-state index contributed by atoms with van der Waals surface area (Å²) in [4.78, 5) is 16.3. The van der Waals surface area contributed by atoms with Crippen LogP contribution in [0.15, 0.2) is 29.4 Å². The van der Waals surface area contributed by atoms with E-state index in [1.807, 2.05) is 0 Å². The fourth-order valence-electron chi connectivity index (χ4n) is 2.52. The molecule has 3 rings (SSSR count). The second kappa shape index (κ2) is 6.45. The standard InChI is InChI=1S/C14H16FN5O2S/c1-23(22)12-4-2-9(6-11(12)15)18-14(21)19-10-3-5-13-16-8-17-20(13)7-10/h2,4,6,8,10H,3,5,7H2,1H3,(H2,18,19,21)/t10-,23-/m1/s1. The molecule has 2 heterocycles. The van der Waals surface area contributed by atoms with Crippen LogP contribution in [0.3, 0.4) is 0 Å². The van der Waals surface area contributed by atoms with Crippen LogP contribution in [0.4, 0.5) is 14.9 Å². The molecule has 7 nitrogen and oxygen atoms in total. The average molecular weight is 337 g/mol. The topological polar surface area (TPSA) is 88.9 Å². The second-order valence-electron chi connectivity index (χ2n) is 5.29. The van der Waals surface area contributed by atoms with Gasteiger partial charge < -0.3 is 10.6 Å². The first-order valence-electron chi connectivity index (χ1n) is 7.10. The molecule has 0 unspecified atom stereocenters. The van der Waals surface area contributed by atoms with E-state index in [9.17, 15) is 13.4 Å². The number of hydrogen-bond donors (Lipinski definition) is 2. The smallest absolute Gasteiger partial charge is 0.319 e. The number of urea groups is 1. The first kappa shape index (κ1) is 15.6. The predicted molar refractivity (Wildman–Crippen MR) is 83.0 cm³/mol. The third-order valence-corrected chi connectivity index (χ3v) is 4.59. The van der Waals surface area contributed by atoms with Gasteiger partial charge >= 0.3 is 6.03 Å². The summed E-state index contributed by atoms with van der Waals surface area (Å²) in [6, 6.07) is 3.62. The van der Waals surface area contributed by atoms with Crippen LogP contribution in [-0.2, 0) is 23.8 Å². The number of anilines is 1. The van der Waals surface area contributed by atoms with Gasteiger partial charge in [0.15, 0.2) is 0 Å². The molecule has 2 aromatic rings. The van der Waals surface area contributed by atoms with E-state index in [1.165, 1.54) is 24.7 Å². The Morgan fingerprint density at radius 2 is 2.30 bits per heavy atom. The third kappa shape index (κ3) is 3.55. The molecule has 0 bridgehead atoms. The van der Waals surface area contributed by atoms with E-state index in [0.717, 1.165) is 24.7 Å². The van der Waals surface area contributed by atoms with Crippen molar-refractivity contribution in [3.63, 3.8) is 0 Å². The van der Waals surface area contributed by atoms with Gasteiger partial charge in [-0.1, -0.05) is 0 Å². The molecule has 0 radical (unpaired) electrons. The molecule has 9 heteroatoms. The van der Waals surface area contributed by atoms with Crippen molar-refractivity contribution in [2.24, 2.45) is 0 Å². The number of carbonyl (C=O) groups is 1. The van der Waals surface area contributed by atoms with E-state index in [1.54, 1.807) is 4.68 Å². The van der Waals surface area contributed by atoms with Gasteiger partial charge in [-0.2, -0.15) is 5.10 Å². The van der Waals surface area contributed by atoms with Gasteiger partial charge in [0.2, 0.25) is 0 Å². The number of fused-ring (bicyclic) bond motifs is 1. The monoisotopic (exact) mass is 337 g/mol. The Morgan fingerprint density at radius 3 is 3.04 bits per heavy atom. The fraction of sp³-hybridized carbons (Fsp3) is 0.357. The minimum absolute atomic E-state index is 0.0588. The molecule has 0 saturated heterocycles. The molecule has 0 spiro atoms. The number of aryl methyl sites for hydroxylation is 1. The summed E-state index contributed by atoms with van der Waals surface area (Å²) < 4.78 is 26.8. The van der Waals surface area contributed by atoms with E-state index >= 15 is 0 Å². The summed E-state index contributed by atoms with van der Waals surface area (Å²) in [6.45, 7) is 0.560. The molecule has 1 aromatic carbocycles. The molecule has 2 atom stereocenters. The molecule has 0 fully saturated rings. The second-order valence-corrected chi connectivity index (χ2v) is 6.64. The van der Waals surface area contributed by atoms with Crippen molar-refractivity contribution in [1.29, 1.82) is 0 Å². The Hall–Kier alpha value is -2.29. The molecule has 122 valence electrons. The van der Waals surface area contributed by atoms with Crippen LogP contribution in [0.2, 0.25) is 0 Å². The van der Waals surface area contributed by atoms with Crippen LogP contribution in [0, 0.1) is 5.82 Å². The van der Waals surface area contributed by atoms with Gasteiger partial charge in [0.25, 0.3) is 0 Å². The molecule has 0 aliphatic carbocycles. The maximum atomic E-state index is 13.8. The fourth-order valence-corrected chi connectivity index (χ4v) is 3.11. The zero-order chi connectivity index (χ0) is 16.4. The highest BCUT2D eigenvalue weighted by Crippen LogP contribution is 2.17. The summed E-state index contributed by atoms with van der Waals surface area (Å²) in [6.07, 6.45) is 4.42. The molecule has 0 saturated carbocycles. The molecule has 2 amide bonds. The zero-order valence-electron chi connectivity index (χ0n) is 12.5. The Kier molecular flexibility index (Phi) is 4.37. The summed E-state index contributed by atoms with van der Waals surface area (Å²) in [7, 11) is -1.40. The van der Waals surface area contributed by atoms with Crippen LogP contribution in [-0.4, -0.2) is 37.3 Å². The number of aromatic nitrogens is 3. The zero-order valence-corrected chi connectivity index (χ0v) is 13.3. The summed E-state index contributed by atoms with van der Waals surface area (Å²) in [5, 5.41) is 9.50. The van der Waals surface area contributed by atoms with Gasteiger partial charge in [0, 0.05) is 18.4 Å². The van der Waals surface area contributed by atoms with Crippen molar-refractivity contribution in [3.05, 3.63) is 36.2 Å². The quantitative estimate of drug-likeness (QED) is 0.883. The van der Waals surface area contributed by atoms with Crippen LogP contribution >= 0.6 is 0 Å². The van der Waals surface area contributed by atoms with Gasteiger partial charge in [-0.3, -0.25) is 4.21 Å². The number of rotatable bonds is 3. The molecule has 23 heavy (non-hydrogen) atoms. The highest BCUT2D eigenvalue weighted by atomic mass is 32.2. The first-order chi connectivity index (χ1) is 11.0. The van der Waals surface area contributed by atoms with Crippen molar-refractivity contribution in [1.82, 2.24) is 20.1 Å². The van der Waals surface area contributed by atoms with Crippen molar-refractivity contribution < 1.29 is 13.4 Å². The largest absolute Gasteiger partial charge is 0.333 e. The molecule has 1 aliphatic heterocycles. The molecule has 1 aliphatic rings. The highest BCUT2D eigenvalue weighted by molar-refractivity contribution is 7.84. The predicted octanol–water partition coefficient (Wildman–Crippen LogP) is 1.29. The van der Waals surface area contributed by atoms with Crippen LogP contribution in [0.1, 0.15) is 12.2 Å². The van der Waals surface area contributed by atoms with E-state index in [4.69, 9.17) is 0 Å². The van der Waals surface area contributed by atoms with Crippen molar-refractivity contribution in [2.75, 3.05) is 11.6 Å². The number of nitrogens with one attached hydrogen (secondary N) is 2. The summed E-state index contributed by atoms with van der Waals surface area (Å²) >= 11 is 0. The number of benzene rings is 1. The van der Waals surface area contributed by atoms with Gasteiger partial charge in [-0.15, -0.1) is 0 Å². The maximum absolute atomic E-state index is 13.8. The first-order valence-corrected chi connectivity index (χ1v) is 8.66. The lowest BCUT2D eigenvalue weighted by Gasteiger charge is -2.23. The number of nitrogens with zero attached hydrogens (tertiary/aromatic N) is 3. The number of carbonyl (C=O) groups excluding carboxylic acids is 1. The minimum Gasteiger partial charge on any atom is -0.333 e. The maximum Gasteiger partial charge on any atom is 0.319 e. The van der Waals surface area contributed by atoms with Crippen LogP contribution in [0.25, 0.3) is 0 Å². The van der Waals surface area contributed by atoms with E-state index < -0.39 is 22.6 Å². The number of halogens is 1. The van der Waals surface area contributed by atoms with Gasteiger partial charge in [0.05, 0.1) is 28.3 Å². The van der Waals surface area contributed by atoms with E-state index in [2.05, 4.69) is 20.7 Å². The van der Waals surface area contributed by atoms with Crippen LogP contribution < -0.4 is 10.6 Å². The lowest BCUT2D eigenvalue weighted by Crippen LogP contribution is -2.43. The van der Waals surface area contributed by atoms with Gasteiger partial charge in [0.1, 0.15) is 18.0 Å². The lowest BCUT2D eigenvalue weighted by molar-refractivity contribution is 0.243. The summed E-state index contributed by atoms with van der Waals surface area (Å²) in [5.41, 5.74) is 0.312. The molecular weight excluding hydrogens is 321 g/mol. The van der Waals surface area contributed by atoms with E-state index in [-0.39, 0.29) is 10.9 Å². The molecule has 2 N–H and O–H groups in total. The number of hydrogen-bond acceptors (Lipinski definition) is 4.